The molecule has 17 heavy (non-hydrogen) atoms. The SMILES string of the molecule is CC1(C)CCN(S(=O)(=O)c2ccc(Cl)s2)CC1. The van der Waals surface area contributed by atoms with Crippen LogP contribution in [0.25, 0.3) is 0 Å². The van der Waals surface area contributed by atoms with Gasteiger partial charge in [0.05, 0.1) is 4.34 Å². The van der Waals surface area contributed by atoms with Crippen molar-refractivity contribution in [1.82, 2.24) is 4.31 Å². The molecule has 2 heterocycles. The van der Waals surface area contributed by atoms with E-state index in [-0.39, 0.29) is 5.41 Å². The van der Waals surface area contributed by atoms with Crippen molar-refractivity contribution in [2.24, 2.45) is 5.41 Å². The Morgan fingerprint density at radius 3 is 2.35 bits per heavy atom. The van der Waals surface area contributed by atoms with Crippen LogP contribution in [0.3, 0.4) is 0 Å². The van der Waals surface area contributed by atoms with Gasteiger partial charge in [0.2, 0.25) is 0 Å². The van der Waals surface area contributed by atoms with Gasteiger partial charge in [-0.15, -0.1) is 11.3 Å². The molecule has 0 aliphatic carbocycles. The van der Waals surface area contributed by atoms with Crippen LogP contribution < -0.4 is 0 Å². The minimum atomic E-state index is -3.32. The zero-order valence-corrected chi connectivity index (χ0v) is 12.3. The summed E-state index contributed by atoms with van der Waals surface area (Å²) in [6, 6.07) is 3.22. The van der Waals surface area contributed by atoms with Crippen LogP contribution in [0.15, 0.2) is 16.3 Å². The minimum Gasteiger partial charge on any atom is -0.206 e. The normalized spacial score (nSPS) is 21.6. The molecule has 1 aromatic heterocycles. The summed E-state index contributed by atoms with van der Waals surface area (Å²) in [6.07, 6.45) is 1.82. The second-order valence-corrected chi connectivity index (χ2v) is 9.01. The van der Waals surface area contributed by atoms with Crippen LogP contribution in [0.2, 0.25) is 4.34 Å². The summed E-state index contributed by atoms with van der Waals surface area (Å²) in [5.74, 6) is 0. The topological polar surface area (TPSA) is 37.4 Å². The molecule has 6 heteroatoms. The minimum absolute atomic E-state index is 0.249. The van der Waals surface area contributed by atoms with Crippen molar-refractivity contribution in [2.45, 2.75) is 30.9 Å². The number of piperidine rings is 1. The smallest absolute Gasteiger partial charge is 0.206 e. The number of nitrogens with zero attached hydrogens (tertiary/aromatic N) is 1. The van der Waals surface area contributed by atoms with E-state index in [9.17, 15) is 8.42 Å². The zero-order chi connectivity index (χ0) is 12.7. The molecule has 96 valence electrons. The molecule has 0 atom stereocenters. The van der Waals surface area contributed by atoms with Crippen molar-refractivity contribution < 1.29 is 8.42 Å². The molecular weight excluding hydrogens is 278 g/mol. The lowest BCUT2D eigenvalue weighted by molar-refractivity contribution is 0.196. The summed E-state index contributed by atoms with van der Waals surface area (Å²) in [5, 5.41) is 0. The summed E-state index contributed by atoms with van der Waals surface area (Å²) in [7, 11) is -3.32. The van der Waals surface area contributed by atoms with Crippen LogP contribution in [0.5, 0.6) is 0 Å². The quantitative estimate of drug-likeness (QED) is 0.839. The first-order valence-electron chi connectivity index (χ1n) is 5.57. The van der Waals surface area contributed by atoms with E-state index in [0.29, 0.717) is 21.6 Å². The predicted octanol–water partition coefficient (Wildman–Crippen LogP) is 3.21. The number of hydrogen-bond donors (Lipinski definition) is 0. The summed E-state index contributed by atoms with van der Waals surface area (Å²) in [4.78, 5) is 0. The van der Waals surface area contributed by atoms with Gasteiger partial charge in [0.1, 0.15) is 4.21 Å². The lowest BCUT2D eigenvalue weighted by atomic mass is 9.83. The fraction of sp³-hybridized carbons (Fsp3) is 0.636. The van der Waals surface area contributed by atoms with Gasteiger partial charge in [-0.1, -0.05) is 25.4 Å². The second kappa shape index (κ2) is 4.53. The van der Waals surface area contributed by atoms with E-state index in [2.05, 4.69) is 13.8 Å². The Labute approximate surface area is 111 Å². The summed E-state index contributed by atoms with van der Waals surface area (Å²) in [6.45, 7) is 5.56. The first-order valence-corrected chi connectivity index (χ1v) is 8.20. The highest BCUT2D eigenvalue weighted by Gasteiger charge is 2.33. The highest BCUT2D eigenvalue weighted by Crippen LogP contribution is 2.34. The zero-order valence-electron chi connectivity index (χ0n) is 9.94. The Bertz CT molecular complexity index is 497. The van der Waals surface area contributed by atoms with E-state index in [0.717, 1.165) is 24.2 Å². The van der Waals surface area contributed by atoms with Crippen molar-refractivity contribution in [3.8, 4) is 0 Å². The average Bonchev–Trinajstić information content (AvgIpc) is 2.65. The number of rotatable bonds is 2. The van der Waals surface area contributed by atoms with E-state index in [1.54, 1.807) is 16.4 Å². The van der Waals surface area contributed by atoms with Gasteiger partial charge in [0, 0.05) is 13.1 Å². The second-order valence-electron chi connectivity index (χ2n) is 5.13. The molecule has 1 fully saturated rings. The molecule has 1 aromatic rings. The Morgan fingerprint density at radius 2 is 1.88 bits per heavy atom. The standard InChI is InChI=1S/C11H16ClNO2S2/c1-11(2)5-7-13(8-6-11)17(14,15)10-4-3-9(12)16-10/h3-4H,5-8H2,1-2H3. The Balaban J connectivity index is 2.18. The monoisotopic (exact) mass is 293 g/mol. The lowest BCUT2D eigenvalue weighted by Crippen LogP contribution is -2.40. The van der Waals surface area contributed by atoms with Gasteiger partial charge in [-0.3, -0.25) is 0 Å². The molecule has 2 rings (SSSR count). The van der Waals surface area contributed by atoms with Crippen molar-refractivity contribution in [1.29, 1.82) is 0 Å². The van der Waals surface area contributed by atoms with Crippen LogP contribution in [0.1, 0.15) is 26.7 Å². The van der Waals surface area contributed by atoms with Gasteiger partial charge < -0.3 is 0 Å². The van der Waals surface area contributed by atoms with Crippen molar-refractivity contribution >= 4 is 33.0 Å². The number of hydrogen-bond acceptors (Lipinski definition) is 3. The van der Waals surface area contributed by atoms with Gasteiger partial charge in [-0.2, -0.15) is 4.31 Å². The van der Waals surface area contributed by atoms with Crippen molar-refractivity contribution in [3.63, 3.8) is 0 Å². The molecule has 0 N–H and O–H groups in total. The summed E-state index contributed by atoms with van der Waals surface area (Å²) in [5.41, 5.74) is 0.249. The van der Waals surface area contributed by atoms with Gasteiger partial charge in [-0.25, -0.2) is 8.42 Å². The Hall–Kier alpha value is -0.100. The third-order valence-electron chi connectivity index (χ3n) is 3.22. The Kier molecular flexibility index (Phi) is 3.56. The maximum absolute atomic E-state index is 12.3. The molecule has 1 aliphatic rings. The van der Waals surface area contributed by atoms with Gasteiger partial charge in [-0.05, 0) is 30.4 Å². The van der Waals surface area contributed by atoms with Crippen molar-refractivity contribution in [2.75, 3.05) is 13.1 Å². The molecule has 1 saturated heterocycles. The first-order chi connectivity index (χ1) is 7.81. The lowest BCUT2D eigenvalue weighted by Gasteiger charge is -2.35. The molecule has 1 aliphatic heterocycles. The predicted molar refractivity (Wildman–Crippen MR) is 71.1 cm³/mol. The largest absolute Gasteiger partial charge is 0.252 e. The highest BCUT2D eigenvalue weighted by atomic mass is 35.5. The van der Waals surface area contributed by atoms with Gasteiger partial charge in [0.25, 0.3) is 10.0 Å². The highest BCUT2D eigenvalue weighted by molar-refractivity contribution is 7.91. The summed E-state index contributed by atoms with van der Waals surface area (Å²) >= 11 is 6.91. The first kappa shape index (κ1) is 13.3. The molecule has 0 bridgehead atoms. The van der Waals surface area contributed by atoms with E-state index in [1.807, 2.05) is 0 Å². The third-order valence-corrected chi connectivity index (χ3v) is 6.82. The number of halogens is 1. The molecular formula is C11H16ClNO2S2. The number of thiophene rings is 1. The maximum Gasteiger partial charge on any atom is 0.252 e. The fourth-order valence-electron chi connectivity index (χ4n) is 1.90. The Morgan fingerprint density at radius 1 is 1.29 bits per heavy atom. The van der Waals surface area contributed by atoms with Crippen LogP contribution >= 0.6 is 22.9 Å². The van der Waals surface area contributed by atoms with Crippen molar-refractivity contribution in [3.05, 3.63) is 16.5 Å². The van der Waals surface area contributed by atoms with E-state index in [4.69, 9.17) is 11.6 Å². The van der Waals surface area contributed by atoms with Crippen LogP contribution in [-0.4, -0.2) is 25.8 Å². The van der Waals surface area contributed by atoms with E-state index < -0.39 is 10.0 Å². The van der Waals surface area contributed by atoms with Crippen LogP contribution in [-0.2, 0) is 10.0 Å². The molecule has 0 unspecified atom stereocenters. The van der Waals surface area contributed by atoms with Gasteiger partial charge in [0.15, 0.2) is 0 Å². The molecule has 0 spiro atoms. The molecule has 0 aromatic carbocycles. The fourth-order valence-corrected chi connectivity index (χ4v) is 4.97. The molecule has 3 nitrogen and oxygen atoms in total. The number of sulfonamides is 1. The maximum atomic E-state index is 12.3. The average molecular weight is 294 g/mol. The van der Waals surface area contributed by atoms with Crippen LogP contribution in [0, 0.1) is 5.41 Å². The van der Waals surface area contributed by atoms with E-state index >= 15 is 0 Å². The van der Waals surface area contributed by atoms with E-state index in [1.165, 1.54) is 0 Å². The third kappa shape index (κ3) is 2.84. The molecule has 0 saturated carbocycles. The van der Waals surface area contributed by atoms with Gasteiger partial charge >= 0.3 is 0 Å². The summed E-state index contributed by atoms with van der Waals surface area (Å²) < 4.78 is 27.0. The molecule has 0 radical (unpaired) electrons. The molecule has 0 amide bonds. The van der Waals surface area contributed by atoms with Crippen LogP contribution in [0.4, 0.5) is 0 Å².